The Kier molecular flexibility index (Phi) is 23.8. The Morgan fingerprint density at radius 3 is 1.57 bits per heavy atom. The molecule has 9 aromatic rings. The molecule has 1 saturated carbocycles. The highest BCUT2D eigenvalue weighted by molar-refractivity contribution is 6.05. The highest BCUT2D eigenvalue weighted by Gasteiger charge is 2.45. The van der Waals surface area contributed by atoms with Crippen LogP contribution in [0.1, 0.15) is 177 Å². The van der Waals surface area contributed by atoms with Crippen molar-refractivity contribution in [2.24, 2.45) is 23.1 Å². The molecule has 3 atom stereocenters. The van der Waals surface area contributed by atoms with Crippen LogP contribution in [0.15, 0.2) is 127 Å². The second-order valence-electron chi connectivity index (χ2n) is 26.4. The molecular formula is C76H86F4N16O8. The minimum absolute atomic E-state index is 0.00786. The number of nitrogens with one attached hydrogen (secondary N) is 4. The molecule has 1 aliphatic carbocycles. The highest BCUT2D eigenvalue weighted by Crippen LogP contribution is 2.40. The maximum absolute atomic E-state index is 14.5. The first-order chi connectivity index (χ1) is 49.6. The third-order valence-electron chi connectivity index (χ3n) is 19.4. The van der Waals surface area contributed by atoms with Crippen LogP contribution in [0, 0.1) is 45.2 Å². The fourth-order valence-electron chi connectivity index (χ4n) is 13.5. The van der Waals surface area contributed by atoms with Crippen LogP contribution in [-0.4, -0.2) is 109 Å². The fraction of sp³-hybridized carbons (Fsp3) is 0.329. The quantitative estimate of drug-likeness (QED) is 0.0316. The number of nitrogens with two attached hydrogens (primary N) is 6. The molecule has 2 saturated heterocycles. The van der Waals surface area contributed by atoms with E-state index < -0.39 is 59.8 Å². The lowest BCUT2D eigenvalue weighted by Gasteiger charge is -2.32. The molecule has 3 aliphatic rings. The third-order valence-corrected chi connectivity index (χ3v) is 19.4. The van der Waals surface area contributed by atoms with E-state index in [-0.39, 0.29) is 89.6 Å². The number of primary amides is 3. The van der Waals surface area contributed by atoms with E-state index in [1.54, 1.807) is 59.6 Å². The summed E-state index contributed by atoms with van der Waals surface area (Å²) in [6.45, 7) is 10.7. The van der Waals surface area contributed by atoms with Gasteiger partial charge in [0.2, 0.25) is 0 Å². The van der Waals surface area contributed by atoms with Crippen LogP contribution in [0.3, 0.4) is 0 Å². The van der Waals surface area contributed by atoms with Crippen molar-refractivity contribution in [2.45, 2.75) is 123 Å². The van der Waals surface area contributed by atoms with Gasteiger partial charge in [-0.2, -0.15) is 15.3 Å². The lowest BCUT2D eigenvalue weighted by atomic mass is 9.93. The molecule has 5 heterocycles. The summed E-state index contributed by atoms with van der Waals surface area (Å²) in [7, 11) is 0. The SMILES string of the molecule is Cc1ccc(F)cc1C(=O)NCc1ccc(-c2nn(C(C)C3CCOCC3)c(N)c2C(N)=O)cc1.Cc1ccc(F)cc1C(=O)NCc1ccc(-c2nn(C3CCNCC3(F)F)c(N)c2C(N)=O)cc1.Cc1ccccc1C(=O)NC(CO)c1ccc(-c2nn(C3CCCC3)c(N)c2C(N)=O)cc1C. The molecule has 12 rings (SSSR count). The van der Waals surface area contributed by atoms with Crippen LogP contribution in [0.5, 0.6) is 0 Å². The average Bonchev–Trinajstić information content (AvgIpc) is 1.69. The summed E-state index contributed by atoms with van der Waals surface area (Å²) in [5.41, 5.74) is 45.2. The summed E-state index contributed by atoms with van der Waals surface area (Å²) < 4.78 is 65.9. The van der Waals surface area contributed by atoms with E-state index in [2.05, 4.69) is 36.6 Å². The first-order valence-corrected chi connectivity index (χ1v) is 34.2. The highest BCUT2D eigenvalue weighted by atomic mass is 19.3. The van der Waals surface area contributed by atoms with Crippen molar-refractivity contribution in [1.29, 1.82) is 0 Å². The topological polar surface area (TPSA) is 390 Å². The maximum Gasteiger partial charge on any atom is 0.282 e. The van der Waals surface area contributed by atoms with Crippen molar-refractivity contribution in [3.8, 4) is 33.8 Å². The van der Waals surface area contributed by atoms with E-state index in [9.17, 15) is 51.4 Å². The number of alkyl halides is 2. The molecule has 3 unspecified atom stereocenters. The Balaban J connectivity index is 0.000000167. The number of aromatic nitrogens is 6. The Hall–Kier alpha value is -11.2. The van der Waals surface area contributed by atoms with Gasteiger partial charge in [-0.25, -0.2) is 31.6 Å². The monoisotopic (exact) mass is 1430 g/mol. The van der Waals surface area contributed by atoms with Crippen molar-refractivity contribution >= 4 is 52.9 Å². The zero-order valence-corrected chi connectivity index (χ0v) is 58.4. The van der Waals surface area contributed by atoms with E-state index >= 15 is 0 Å². The maximum atomic E-state index is 14.5. The Morgan fingerprint density at radius 2 is 1.06 bits per heavy atom. The number of aliphatic hydroxyl groups excluding tert-OH is 1. The zero-order valence-electron chi connectivity index (χ0n) is 58.4. The van der Waals surface area contributed by atoms with E-state index in [4.69, 9.17) is 39.1 Å². The van der Waals surface area contributed by atoms with Gasteiger partial charge in [-0.05, 0) is 155 Å². The minimum Gasteiger partial charge on any atom is -0.394 e. The van der Waals surface area contributed by atoms with E-state index in [0.717, 1.165) is 65.5 Å². The van der Waals surface area contributed by atoms with Crippen LogP contribution >= 0.6 is 0 Å². The van der Waals surface area contributed by atoms with E-state index in [0.29, 0.717) is 87.4 Å². The number of carbonyl (C=O) groups is 6. The number of nitrogens with zero attached hydrogens (tertiary/aromatic N) is 6. The van der Waals surface area contributed by atoms with E-state index in [1.165, 1.54) is 30.3 Å². The summed E-state index contributed by atoms with van der Waals surface area (Å²) in [6.07, 6.45) is 6.04. The van der Waals surface area contributed by atoms with Crippen LogP contribution in [0.2, 0.25) is 0 Å². The smallest absolute Gasteiger partial charge is 0.282 e. The lowest BCUT2D eigenvalue weighted by Crippen LogP contribution is -2.47. The van der Waals surface area contributed by atoms with Crippen LogP contribution in [0.25, 0.3) is 33.8 Å². The Morgan fingerprint density at radius 1 is 0.577 bits per heavy atom. The predicted molar refractivity (Wildman–Crippen MR) is 387 cm³/mol. The second-order valence-corrected chi connectivity index (χ2v) is 26.4. The summed E-state index contributed by atoms with van der Waals surface area (Å²) in [5, 5.41) is 34.7. The number of rotatable bonds is 20. The van der Waals surface area contributed by atoms with Crippen molar-refractivity contribution in [3.05, 3.63) is 211 Å². The van der Waals surface area contributed by atoms with Crippen LogP contribution < -0.4 is 55.7 Å². The average molecular weight is 1430 g/mol. The molecule has 546 valence electrons. The van der Waals surface area contributed by atoms with Gasteiger partial charge in [0.05, 0.1) is 31.3 Å². The van der Waals surface area contributed by atoms with Crippen molar-refractivity contribution in [2.75, 3.05) is 50.1 Å². The number of hydrogen-bond acceptors (Lipinski definition) is 15. The van der Waals surface area contributed by atoms with Gasteiger partial charge in [0, 0.05) is 59.7 Å². The molecular weight excluding hydrogens is 1340 g/mol. The predicted octanol–water partition coefficient (Wildman–Crippen LogP) is 9.80. The van der Waals surface area contributed by atoms with Gasteiger partial charge in [0.25, 0.3) is 41.4 Å². The van der Waals surface area contributed by atoms with Crippen molar-refractivity contribution < 1.29 is 56.2 Å². The lowest BCUT2D eigenvalue weighted by molar-refractivity contribution is -0.0689. The van der Waals surface area contributed by atoms with Crippen molar-refractivity contribution in [3.63, 3.8) is 0 Å². The molecule has 6 amide bonds. The van der Waals surface area contributed by atoms with Crippen LogP contribution in [-0.2, 0) is 17.8 Å². The molecule has 3 aromatic heterocycles. The van der Waals surface area contributed by atoms with Gasteiger partial charge in [-0.1, -0.05) is 104 Å². The minimum atomic E-state index is -3.10. The molecule has 28 heteroatoms. The van der Waals surface area contributed by atoms with Crippen molar-refractivity contribution in [1.82, 2.24) is 50.6 Å². The number of benzene rings is 6. The number of ether oxygens (including phenoxy) is 1. The number of aryl methyl sites for hydroxylation is 4. The summed E-state index contributed by atoms with van der Waals surface area (Å²) in [5.74, 6) is -6.52. The number of hydrogen-bond donors (Lipinski definition) is 11. The summed E-state index contributed by atoms with van der Waals surface area (Å²) in [6, 6.07) is 33.1. The van der Waals surface area contributed by atoms with Gasteiger partial charge in [0.1, 0.15) is 68.9 Å². The molecule has 2 aliphatic heterocycles. The summed E-state index contributed by atoms with van der Waals surface area (Å²) in [4.78, 5) is 74.3. The number of anilines is 3. The van der Waals surface area contributed by atoms with Gasteiger partial charge in [-0.15, -0.1) is 0 Å². The van der Waals surface area contributed by atoms with Gasteiger partial charge in [0.15, 0.2) is 0 Å². The third kappa shape index (κ3) is 16.9. The molecule has 3 fully saturated rings. The Labute approximate surface area is 598 Å². The fourth-order valence-corrected chi connectivity index (χ4v) is 13.5. The molecule has 6 aromatic carbocycles. The second kappa shape index (κ2) is 32.8. The molecule has 0 radical (unpaired) electrons. The number of nitrogen functional groups attached to an aromatic ring is 3. The zero-order chi connectivity index (χ0) is 74.8. The first kappa shape index (κ1) is 75.4. The number of aliphatic hydroxyl groups is 1. The number of piperidine rings is 1. The van der Waals surface area contributed by atoms with Gasteiger partial charge >= 0.3 is 0 Å². The summed E-state index contributed by atoms with van der Waals surface area (Å²) >= 11 is 0. The standard InChI is InChI=1S/C26H30FN5O3.C26H31N5O3.C24H25F3N6O2/c1-15-3-8-20(27)13-21(15)26(34)30-14-17-4-6-19(7-5-17)23-22(25(29)33)24(28)32(31-23)16(2)18-9-11-35-12-10-18;1-15-7-3-6-10-20(15)26(34)29-21(14-32)19-12-11-17(13-16(19)2)23-22(25(28)33)24(27)31(30-23)18-8-4-5-9-18;1-13-2-7-16(25)10-17(13)23(35)31-11-14-3-5-15(6-4-14)20-19(22(29)34)21(28)33(32-20)18-8-9-30-12-24(18,26)27/h3-8,13,16,18H,9-12,14,28H2,1-2H3,(H2,29,33)(H,30,34);3,6-7,10-13,18,21,32H,4-5,8-9,14,27H2,1-2H3,(H2,28,33)(H,29,34);2-7,10,18,30H,8-9,11-12,28H2,1H3,(H2,29,34)(H,31,35). The number of carbonyl (C=O) groups excluding carboxylic acids is 6. The van der Waals surface area contributed by atoms with E-state index in [1.807, 2.05) is 81.4 Å². The first-order valence-electron chi connectivity index (χ1n) is 34.2. The van der Waals surface area contributed by atoms with Gasteiger partial charge in [-0.3, -0.25) is 28.8 Å². The number of amides is 6. The molecule has 17 N–H and O–H groups in total. The molecule has 24 nitrogen and oxygen atoms in total. The molecule has 0 spiro atoms. The normalized spacial score (nSPS) is 15.7. The van der Waals surface area contributed by atoms with Crippen LogP contribution in [0.4, 0.5) is 35.0 Å². The Bertz CT molecular complexity index is 4660. The number of halogens is 4. The van der Waals surface area contributed by atoms with Gasteiger partial charge < -0.3 is 65.5 Å². The largest absolute Gasteiger partial charge is 0.394 e. The molecule has 104 heavy (non-hydrogen) atoms. The molecule has 0 bridgehead atoms.